The number of halogens is 2. The molecule has 1 amide bonds. The Kier molecular flexibility index (Phi) is 5.80. The molecule has 2 aromatic heterocycles. The number of carbonyl (C=O) groups is 1. The minimum absolute atomic E-state index is 0.262. The van der Waals surface area contributed by atoms with Crippen LogP contribution in [0.15, 0.2) is 30.6 Å². The number of ether oxygens (including phenoxy) is 1. The predicted octanol–water partition coefficient (Wildman–Crippen LogP) is 2.63. The Bertz CT molecular complexity index is 667. The Labute approximate surface area is 137 Å². The lowest BCUT2D eigenvalue weighted by molar-refractivity contribution is 0.0951. The molecule has 0 spiro atoms. The number of aromatic nitrogens is 2. The van der Waals surface area contributed by atoms with E-state index in [1.807, 2.05) is 0 Å². The van der Waals surface area contributed by atoms with Crippen LogP contribution in [0.3, 0.4) is 0 Å². The average molecular weight is 341 g/mol. The van der Waals surface area contributed by atoms with Gasteiger partial charge in [0.1, 0.15) is 11.4 Å². The molecule has 2 N–H and O–H groups in total. The zero-order valence-corrected chi connectivity index (χ0v) is 13.3. The molecular weight excluding hydrogens is 327 g/mol. The van der Waals surface area contributed by atoms with Crippen LogP contribution in [0, 0.1) is 0 Å². The number of nitrogens with zero attached hydrogens (tertiary/aromatic N) is 2. The van der Waals surface area contributed by atoms with Crippen LogP contribution in [0.4, 0.5) is 5.82 Å². The first kappa shape index (κ1) is 16.3. The normalized spacial score (nSPS) is 10.1. The molecule has 8 heteroatoms. The molecule has 0 aliphatic carbocycles. The van der Waals surface area contributed by atoms with Gasteiger partial charge in [-0.2, -0.15) is 0 Å². The lowest BCUT2D eigenvalue weighted by atomic mass is 10.2. The van der Waals surface area contributed by atoms with Gasteiger partial charge in [-0.3, -0.25) is 4.79 Å². The van der Waals surface area contributed by atoms with E-state index in [9.17, 15) is 4.79 Å². The van der Waals surface area contributed by atoms with Crippen molar-refractivity contribution in [2.24, 2.45) is 0 Å². The highest BCUT2D eigenvalue weighted by molar-refractivity contribution is 6.35. The van der Waals surface area contributed by atoms with E-state index in [0.29, 0.717) is 34.5 Å². The van der Waals surface area contributed by atoms with Crippen LogP contribution >= 0.6 is 23.2 Å². The van der Waals surface area contributed by atoms with E-state index in [1.165, 1.54) is 13.3 Å². The summed E-state index contributed by atoms with van der Waals surface area (Å²) in [4.78, 5) is 20.1. The monoisotopic (exact) mass is 340 g/mol. The molecule has 2 rings (SSSR count). The van der Waals surface area contributed by atoms with E-state index in [1.54, 1.807) is 24.4 Å². The SMILES string of the molecule is COc1ncccc1C(=O)NCCNc1ncc(Cl)cc1Cl. The highest BCUT2D eigenvalue weighted by Crippen LogP contribution is 2.22. The second kappa shape index (κ2) is 7.82. The van der Waals surface area contributed by atoms with Gasteiger partial charge in [0.2, 0.25) is 5.88 Å². The van der Waals surface area contributed by atoms with Gasteiger partial charge in [0, 0.05) is 25.5 Å². The van der Waals surface area contributed by atoms with Crippen LogP contribution in [0.5, 0.6) is 5.88 Å². The lowest BCUT2D eigenvalue weighted by Gasteiger charge is -2.10. The van der Waals surface area contributed by atoms with Crippen LogP contribution in [0.25, 0.3) is 0 Å². The summed E-state index contributed by atoms with van der Waals surface area (Å²) in [6.45, 7) is 0.847. The zero-order valence-electron chi connectivity index (χ0n) is 11.8. The van der Waals surface area contributed by atoms with E-state index in [0.717, 1.165) is 0 Å². The summed E-state index contributed by atoms with van der Waals surface area (Å²) >= 11 is 11.8. The number of amides is 1. The Morgan fingerprint density at radius 1 is 1.32 bits per heavy atom. The van der Waals surface area contributed by atoms with Crippen molar-refractivity contribution in [3.63, 3.8) is 0 Å². The van der Waals surface area contributed by atoms with Crippen LogP contribution in [0.2, 0.25) is 10.0 Å². The van der Waals surface area contributed by atoms with Gasteiger partial charge in [0.05, 0.1) is 17.2 Å². The molecule has 22 heavy (non-hydrogen) atoms. The van der Waals surface area contributed by atoms with Crippen LogP contribution in [-0.2, 0) is 0 Å². The average Bonchev–Trinajstić information content (AvgIpc) is 2.53. The van der Waals surface area contributed by atoms with E-state index in [4.69, 9.17) is 27.9 Å². The van der Waals surface area contributed by atoms with E-state index in [2.05, 4.69) is 20.6 Å². The highest BCUT2D eigenvalue weighted by Gasteiger charge is 2.11. The van der Waals surface area contributed by atoms with Crippen LogP contribution < -0.4 is 15.4 Å². The third-order valence-electron chi connectivity index (χ3n) is 2.72. The predicted molar refractivity (Wildman–Crippen MR) is 85.9 cm³/mol. The molecule has 0 aliphatic rings. The van der Waals surface area contributed by atoms with Crippen molar-refractivity contribution in [3.8, 4) is 5.88 Å². The summed E-state index contributed by atoms with van der Waals surface area (Å²) in [5, 5.41) is 6.66. The van der Waals surface area contributed by atoms with E-state index in [-0.39, 0.29) is 11.8 Å². The minimum Gasteiger partial charge on any atom is -0.480 e. The highest BCUT2D eigenvalue weighted by atomic mass is 35.5. The first-order valence-corrected chi connectivity index (χ1v) is 7.19. The van der Waals surface area contributed by atoms with E-state index < -0.39 is 0 Å². The van der Waals surface area contributed by atoms with Gasteiger partial charge >= 0.3 is 0 Å². The summed E-state index contributed by atoms with van der Waals surface area (Å²) in [7, 11) is 1.47. The smallest absolute Gasteiger partial charge is 0.256 e. The molecule has 2 heterocycles. The summed E-state index contributed by atoms with van der Waals surface area (Å²) in [6, 6.07) is 4.91. The number of rotatable bonds is 6. The third-order valence-corrected chi connectivity index (χ3v) is 3.21. The number of hydrogen-bond donors (Lipinski definition) is 2. The topological polar surface area (TPSA) is 76.1 Å². The number of methoxy groups -OCH3 is 1. The van der Waals surface area contributed by atoms with Gasteiger partial charge in [-0.05, 0) is 18.2 Å². The summed E-state index contributed by atoms with van der Waals surface area (Å²) in [5.74, 6) is 0.538. The molecule has 0 aliphatic heterocycles. The first-order valence-electron chi connectivity index (χ1n) is 6.44. The van der Waals surface area contributed by atoms with Gasteiger partial charge in [-0.25, -0.2) is 9.97 Å². The molecule has 0 fully saturated rings. The van der Waals surface area contributed by atoms with Gasteiger partial charge < -0.3 is 15.4 Å². The van der Waals surface area contributed by atoms with Crippen molar-refractivity contribution in [2.45, 2.75) is 0 Å². The molecule has 0 saturated heterocycles. The maximum Gasteiger partial charge on any atom is 0.256 e. The van der Waals surface area contributed by atoms with Crippen molar-refractivity contribution >= 4 is 34.9 Å². The number of anilines is 1. The summed E-state index contributed by atoms with van der Waals surface area (Å²) in [5.41, 5.74) is 0.382. The second-order valence-electron chi connectivity index (χ2n) is 4.23. The standard InChI is InChI=1S/C14H14Cl2N4O2/c1-22-14-10(3-2-4-19-14)13(21)18-6-5-17-12-11(16)7-9(15)8-20-12/h2-4,7-8H,5-6H2,1H3,(H,17,20)(H,18,21). The quantitative estimate of drug-likeness (QED) is 0.790. The first-order chi connectivity index (χ1) is 10.6. The molecule has 0 unspecified atom stereocenters. The van der Waals surface area contributed by atoms with Crippen molar-refractivity contribution in [3.05, 3.63) is 46.2 Å². The zero-order chi connectivity index (χ0) is 15.9. The molecule has 0 bridgehead atoms. The summed E-state index contributed by atoms with van der Waals surface area (Å²) in [6.07, 6.45) is 3.06. The van der Waals surface area contributed by atoms with Gasteiger partial charge in [0.15, 0.2) is 0 Å². The maximum absolute atomic E-state index is 12.0. The number of nitrogens with one attached hydrogen (secondary N) is 2. The summed E-state index contributed by atoms with van der Waals surface area (Å²) < 4.78 is 5.04. The molecule has 6 nitrogen and oxygen atoms in total. The van der Waals surface area contributed by atoms with Crippen molar-refractivity contribution in [1.82, 2.24) is 15.3 Å². The minimum atomic E-state index is -0.262. The van der Waals surface area contributed by atoms with Crippen molar-refractivity contribution in [2.75, 3.05) is 25.5 Å². The molecule has 2 aromatic rings. The number of pyridine rings is 2. The Morgan fingerprint density at radius 2 is 2.14 bits per heavy atom. The Balaban J connectivity index is 1.84. The number of hydrogen-bond acceptors (Lipinski definition) is 5. The second-order valence-corrected chi connectivity index (χ2v) is 5.07. The molecule has 0 aromatic carbocycles. The van der Waals surface area contributed by atoms with Crippen molar-refractivity contribution in [1.29, 1.82) is 0 Å². The van der Waals surface area contributed by atoms with Crippen LogP contribution in [0.1, 0.15) is 10.4 Å². The molecule has 0 saturated carbocycles. The maximum atomic E-state index is 12.0. The van der Waals surface area contributed by atoms with Crippen LogP contribution in [-0.4, -0.2) is 36.1 Å². The number of carbonyl (C=O) groups excluding carboxylic acids is 1. The van der Waals surface area contributed by atoms with Gasteiger partial charge in [-0.1, -0.05) is 23.2 Å². The molecule has 0 atom stereocenters. The van der Waals surface area contributed by atoms with E-state index >= 15 is 0 Å². The Hall–Kier alpha value is -2.05. The molecule has 0 radical (unpaired) electrons. The Morgan fingerprint density at radius 3 is 2.86 bits per heavy atom. The third kappa shape index (κ3) is 4.22. The molecular formula is C14H14Cl2N4O2. The fourth-order valence-electron chi connectivity index (χ4n) is 1.72. The lowest BCUT2D eigenvalue weighted by Crippen LogP contribution is -2.29. The van der Waals surface area contributed by atoms with Gasteiger partial charge in [-0.15, -0.1) is 0 Å². The van der Waals surface area contributed by atoms with Crippen molar-refractivity contribution < 1.29 is 9.53 Å². The fourth-order valence-corrected chi connectivity index (χ4v) is 2.17. The fraction of sp³-hybridized carbons (Fsp3) is 0.214. The largest absolute Gasteiger partial charge is 0.480 e. The van der Waals surface area contributed by atoms with Gasteiger partial charge in [0.25, 0.3) is 5.91 Å². The molecule has 116 valence electrons.